The van der Waals surface area contributed by atoms with Gasteiger partial charge < -0.3 is 28.4 Å². The number of aldehydes is 1. The smallest absolute Gasteiger partial charge is 0.330 e. The number of nitriles is 1. The second kappa shape index (κ2) is 18.9. The Hall–Kier alpha value is -4.51. The summed E-state index contributed by atoms with van der Waals surface area (Å²) in [5.41, 5.74) is 1.36. The molecule has 1 saturated heterocycles. The fraction of sp³-hybridized carbons (Fsp3) is 0.415. The fourth-order valence-corrected chi connectivity index (χ4v) is 8.52. The third-order valence-corrected chi connectivity index (χ3v) is 11.6. The van der Waals surface area contributed by atoms with Crippen molar-refractivity contribution in [1.29, 1.82) is 5.26 Å². The van der Waals surface area contributed by atoms with E-state index in [2.05, 4.69) is 15.7 Å². The molecule has 1 aromatic heterocycles. The first-order valence-electron chi connectivity index (χ1n) is 18.2. The number of aliphatic hydroxyl groups is 1. The van der Waals surface area contributed by atoms with Crippen LogP contribution in [0.4, 0.5) is 0 Å². The van der Waals surface area contributed by atoms with Gasteiger partial charge in [0.15, 0.2) is 0 Å². The molecule has 0 radical (unpaired) electrons. The van der Waals surface area contributed by atoms with Crippen molar-refractivity contribution >= 4 is 14.8 Å². The summed E-state index contributed by atoms with van der Waals surface area (Å²) in [6.45, 7) is 9.77. The Morgan fingerprint density at radius 3 is 2.16 bits per heavy atom. The number of aryl methyl sites for hydroxylation is 1. The number of ether oxygens (including phenoxy) is 3. The molecule has 5 rings (SSSR count). The van der Waals surface area contributed by atoms with Crippen molar-refractivity contribution in [2.75, 3.05) is 20.3 Å². The Bertz CT molecular complexity index is 1970. The van der Waals surface area contributed by atoms with Gasteiger partial charge in [-0.1, -0.05) is 60.7 Å². The first-order valence-corrected chi connectivity index (χ1v) is 19.4. The minimum atomic E-state index is -1.72. The number of nitrogens with one attached hydrogen (secondary N) is 1. The molecule has 2 N–H and O–H groups in total. The van der Waals surface area contributed by atoms with Gasteiger partial charge in [0.05, 0.1) is 45.5 Å². The summed E-state index contributed by atoms with van der Waals surface area (Å²) in [7, 11) is -0.126. The highest BCUT2D eigenvalue weighted by Crippen LogP contribution is 2.50. The van der Waals surface area contributed by atoms with E-state index in [1.165, 1.54) is 10.8 Å². The largest absolute Gasteiger partial charge is 0.497 e. The lowest BCUT2D eigenvalue weighted by molar-refractivity contribution is -0.0926. The molecule has 5 unspecified atom stereocenters. The van der Waals surface area contributed by atoms with Crippen molar-refractivity contribution in [2.45, 2.75) is 90.2 Å². The molecule has 292 valence electrons. The van der Waals surface area contributed by atoms with Crippen molar-refractivity contribution in [3.63, 3.8) is 0 Å². The van der Waals surface area contributed by atoms with E-state index in [-0.39, 0.29) is 44.7 Å². The number of methoxy groups -OCH3 is 1. The van der Waals surface area contributed by atoms with Gasteiger partial charge in [-0.3, -0.25) is 19.1 Å². The number of aromatic nitrogens is 2. The van der Waals surface area contributed by atoms with Gasteiger partial charge in [0, 0.05) is 35.8 Å². The van der Waals surface area contributed by atoms with Gasteiger partial charge in [-0.25, -0.2) is 9.46 Å². The number of H-pyrrole nitrogens is 1. The predicted molar refractivity (Wildman–Crippen MR) is 208 cm³/mol. The van der Waals surface area contributed by atoms with Crippen LogP contribution in [0.5, 0.6) is 5.75 Å². The van der Waals surface area contributed by atoms with E-state index >= 15 is 0 Å². The Balaban J connectivity index is 1.63. The van der Waals surface area contributed by atoms with Crippen LogP contribution in [-0.2, 0) is 30.7 Å². The van der Waals surface area contributed by atoms with Crippen LogP contribution in [0, 0.1) is 18.3 Å². The normalized spacial score (nSPS) is 18.7. The van der Waals surface area contributed by atoms with Crippen LogP contribution in [-0.4, -0.2) is 70.2 Å². The summed E-state index contributed by atoms with van der Waals surface area (Å²) in [4.78, 5) is 39.6. The third-order valence-electron chi connectivity index (χ3n) is 9.48. The average Bonchev–Trinajstić information content (AvgIpc) is 3.58. The van der Waals surface area contributed by atoms with Crippen LogP contribution in [0.2, 0.25) is 0 Å². The van der Waals surface area contributed by atoms with E-state index < -0.39 is 43.8 Å². The van der Waals surface area contributed by atoms with Gasteiger partial charge in [-0.2, -0.15) is 5.26 Å². The quantitative estimate of drug-likeness (QED) is 0.0519. The molecular formula is C41H49N4O9P. The van der Waals surface area contributed by atoms with E-state index in [0.717, 1.165) is 17.4 Å². The molecule has 0 aliphatic carbocycles. The molecule has 13 nitrogen and oxygen atoms in total. The zero-order valence-corrected chi connectivity index (χ0v) is 32.9. The number of rotatable bonds is 18. The second-order valence-corrected chi connectivity index (χ2v) is 15.3. The zero-order chi connectivity index (χ0) is 39.7. The minimum absolute atomic E-state index is 0.0319. The maximum atomic E-state index is 13.1. The lowest BCUT2D eigenvalue weighted by Gasteiger charge is -2.39. The summed E-state index contributed by atoms with van der Waals surface area (Å²) in [5.74, 6) is 0.645. The number of aromatic amines is 1. The first-order chi connectivity index (χ1) is 26.4. The van der Waals surface area contributed by atoms with E-state index in [4.69, 9.17) is 23.3 Å². The molecule has 2 heterocycles. The van der Waals surface area contributed by atoms with Crippen LogP contribution in [0.25, 0.3) is 0 Å². The maximum absolute atomic E-state index is 13.1. The summed E-state index contributed by atoms with van der Waals surface area (Å²) in [5, 5.41) is 19.2. The molecule has 0 bridgehead atoms. The highest BCUT2D eigenvalue weighted by atomic mass is 31.2. The zero-order valence-electron chi connectivity index (χ0n) is 32.0. The summed E-state index contributed by atoms with van der Waals surface area (Å²) in [6, 6.07) is 24.3. The molecule has 0 spiro atoms. The number of hydrogen-bond acceptors (Lipinski definition) is 11. The lowest BCUT2D eigenvalue weighted by atomic mass is 9.79. The first kappa shape index (κ1) is 41.6. The maximum Gasteiger partial charge on any atom is 0.330 e. The molecule has 55 heavy (non-hydrogen) atoms. The standard InChI is InChI=1S/C41H49N4O9P/c1-27(2)45(28(3)4)55(52-21-7-20-42)54-36-22-38(44-23-29(5)39(48)43-40(44)49)53-37(36)26-51-41(32-12-8-30(24-46)9-13-32,33-14-10-31(25-47)11-15-33)34-16-18-35(50-6)19-17-34/h8-19,23-24,27-28,36-38,47H,7,21-22,25-26H2,1-6H3,(H,43,48,49). The molecule has 14 heteroatoms. The van der Waals surface area contributed by atoms with Gasteiger partial charge in [0.2, 0.25) is 0 Å². The van der Waals surface area contributed by atoms with Gasteiger partial charge in [-0.15, -0.1) is 0 Å². The molecule has 0 amide bonds. The number of benzene rings is 3. The molecule has 0 saturated carbocycles. The van der Waals surface area contributed by atoms with E-state index in [9.17, 15) is 24.8 Å². The molecular weight excluding hydrogens is 723 g/mol. The van der Waals surface area contributed by atoms with Gasteiger partial charge in [0.1, 0.15) is 30.0 Å². The van der Waals surface area contributed by atoms with Crippen molar-refractivity contribution in [1.82, 2.24) is 14.2 Å². The van der Waals surface area contributed by atoms with Crippen LogP contribution >= 0.6 is 8.53 Å². The Labute approximate surface area is 322 Å². The molecule has 5 atom stereocenters. The lowest BCUT2D eigenvalue weighted by Crippen LogP contribution is -2.39. The topological polar surface area (TPSA) is 165 Å². The summed E-state index contributed by atoms with van der Waals surface area (Å²) < 4.78 is 35.9. The highest BCUT2D eigenvalue weighted by Gasteiger charge is 2.45. The number of nitrogens with zero attached hydrogens (tertiary/aromatic N) is 3. The molecule has 1 aliphatic rings. The van der Waals surface area contributed by atoms with Crippen molar-refractivity contribution < 1.29 is 33.2 Å². The van der Waals surface area contributed by atoms with Crippen LogP contribution in [0.15, 0.2) is 88.6 Å². The van der Waals surface area contributed by atoms with E-state index in [1.807, 2.05) is 88.4 Å². The van der Waals surface area contributed by atoms with Crippen molar-refractivity contribution in [3.8, 4) is 11.8 Å². The predicted octanol–water partition coefficient (Wildman–Crippen LogP) is 6.12. The molecule has 1 aliphatic heterocycles. The SMILES string of the molecule is COc1ccc(C(OCC2OC(n3cc(C)c(=O)[nH]c3=O)CC2OP(OCCC#N)N(C(C)C)C(C)C)(c2ccc(C=O)cc2)c2ccc(CO)cc2)cc1. The Morgan fingerprint density at radius 2 is 1.62 bits per heavy atom. The van der Waals surface area contributed by atoms with Crippen LogP contribution < -0.4 is 16.0 Å². The van der Waals surface area contributed by atoms with Crippen LogP contribution in [0.3, 0.4) is 0 Å². The number of hydrogen-bond donors (Lipinski definition) is 2. The Morgan fingerprint density at radius 1 is 1.02 bits per heavy atom. The van der Waals surface area contributed by atoms with Crippen LogP contribution in [0.1, 0.15) is 84.9 Å². The molecule has 4 aromatic rings. The third kappa shape index (κ3) is 9.48. The van der Waals surface area contributed by atoms with Gasteiger partial charge >= 0.3 is 5.69 Å². The monoisotopic (exact) mass is 772 g/mol. The van der Waals surface area contributed by atoms with Crippen molar-refractivity contribution in [3.05, 3.63) is 133 Å². The van der Waals surface area contributed by atoms with E-state index in [1.54, 1.807) is 26.2 Å². The fourth-order valence-electron chi connectivity index (χ4n) is 6.77. The number of aliphatic hydroxyl groups excluding tert-OH is 1. The van der Waals surface area contributed by atoms with Gasteiger partial charge in [-0.05, 0) is 69.0 Å². The average molecular weight is 773 g/mol. The van der Waals surface area contributed by atoms with Crippen molar-refractivity contribution in [2.24, 2.45) is 0 Å². The van der Waals surface area contributed by atoms with E-state index in [0.29, 0.717) is 28.0 Å². The summed E-state index contributed by atoms with van der Waals surface area (Å²) in [6.07, 6.45) is 0.398. The summed E-state index contributed by atoms with van der Waals surface area (Å²) >= 11 is 0. The molecule has 3 aromatic carbocycles. The number of carbonyl (C=O) groups is 1. The second-order valence-electron chi connectivity index (χ2n) is 13.8. The highest BCUT2D eigenvalue weighted by molar-refractivity contribution is 7.44. The Kier molecular flexibility index (Phi) is 14.3. The molecule has 1 fully saturated rings. The minimum Gasteiger partial charge on any atom is -0.497 e. The van der Waals surface area contributed by atoms with Gasteiger partial charge in [0.25, 0.3) is 14.1 Å². The number of carbonyl (C=O) groups excluding carboxylic acids is 1.